The van der Waals surface area contributed by atoms with Gasteiger partial charge in [0, 0.05) is 4.83 Å². The second-order valence-corrected chi connectivity index (χ2v) is 5.49. The molecule has 1 aliphatic rings. The van der Waals surface area contributed by atoms with E-state index in [2.05, 4.69) is 41.9 Å². The van der Waals surface area contributed by atoms with E-state index in [9.17, 15) is 0 Å². The van der Waals surface area contributed by atoms with Crippen molar-refractivity contribution >= 4 is 15.9 Å². The van der Waals surface area contributed by atoms with Crippen LogP contribution in [0.4, 0.5) is 0 Å². The van der Waals surface area contributed by atoms with E-state index in [0.717, 1.165) is 17.6 Å². The lowest BCUT2D eigenvalue weighted by Crippen LogP contribution is -1.97. The normalized spacial score (nSPS) is 26.1. The summed E-state index contributed by atoms with van der Waals surface area (Å²) in [4.78, 5) is 0.512. The Balaban J connectivity index is 2.21. The molecule has 1 aliphatic carbocycles. The fraction of sp³-hybridized carbons (Fsp3) is 0.538. The smallest absolute Gasteiger partial charge is 0.119 e. The van der Waals surface area contributed by atoms with E-state index in [1.54, 1.807) is 7.11 Å². The average Bonchev–Trinajstić information content (AvgIpc) is 2.94. The molecule has 3 atom stereocenters. The summed E-state index contributed by atoms with van der Waals surface area (Å²) in [5.74, 6) is 2.63. The van der Waals surface area contributed by atoms with Gasteiger partial charge in [0.25, 0.3) is 0 Å². The van der Waals surface area contributed by atoms with Crippen LogP contribution in [-0.2, 0) is 0 Å². The Labute approximate surface area is 100.0 Å². The zero-order valence-electron chi connectivity index (χ0n) is 9.46. The maximum atomic E-state index is 5.21. The Morgan fingerprint density at radius 1 is 1.47 bits per heavy atom. The Morgan fingerprint density at radius 3 is 2.60 bits per heavy atom. The maximum absolute atomic E-state index is 5.21. The molecule has 1 nitrogen and oxygen atoms in total. The van der Waals surface area contributed by atoms with E-state index < -0.39 is 0 Å². The summed E-state index contributed by atoms with van der Waals surface area (Å²) in [7, 11) is 1.71. The maximum Gasteiger partial charge on any atom is 0.119 e. The van der Waals surface area contributed by atoms with Crippen LogP contribution < -0.4 is 4.74 Å². The molecule has 0 radical (unpaired) electrons. The monoisotopic (exact) mass is 268 g/mol. The van der Waals surface area contributed by atoms with Gasteiger partial charge in [-0.25, -0.2) is 0 Å². The van der Waals surface area contributed by atoms with Crippen LogP contribution in [0.3, 0.4) is 0 Å². The number of alkyl halides is 1. The van der Waals surface area contributed by atoms with Gasteiger partial charge >= 0.3 is 0 Å². The van der Waals surface area contributed by atoms with Crippen molar-refractivity contribution in [3.8, 4) is 5.75 Å². The number of rotatable bonds is 3. The first-order valence-electron chi connectivity index (χ1n) is 5.42. The summed E-state index contributed by atoms with van der Waals surface area (Å²) in [5.41, 5.74) is 2.72. The van der Waals surface area contributed by atoms with Crippen molar-refractivity contribution in [2.24, 2.45) is 11.8 Å². The zero-order chi connectivity index (χ0) is 11.0. The Hall–Kier alpha value is -0.500. The van der Waals surface area contributed by atoms with Crippen LogP contribution in [0.25, 0.3) is 0 Å². The van der Waals surface area contributed by atoms with Gasteiger partial charge in [0.15, 0.2) is 0 Å². The third kappa shape index (κ3) is 2.20. The molecule has 0 amide bonds. The molecule has 0 N–H and O–H groups in total. The fourth-order valence-corrected chi connectivity index (χ4v) is 3.32. The van der Waals surface area contributed by atoms with Crippen molar-refractivity contribution in [2.45, 2.75) is 25.1 Å². The van der Waals surface area contributed by atoms with Gasteiger partial charge in [0.2, 0.25) is 0 Å². The SMILES string of the molecule is COc1ccc(C(Br)C2CC2C)c(C)c1. The molecule has 82 valence electrons. The second kappa shape index (κ2) is 4.17. The lowest BCUT2D eigenvalue weighted by Gasteiger charge is -2.13. The van der Waals surface area contributed by atoms with Gasteiger partial charge in [-0.15, -0.1) is 0 Å². The van der Waals surface area contributed by atoms with E-state index in [4.69, 9.17) is 4.74 Å². The van der Waals surface area contributed by atoms with Gasteiger partial charge < -0.3 is 4.74 Å². The van der Waals surface area contributed by atoms with Crippen molar-refractivity contribution < 1.29 is 4.74 Å². The molecule has 1 fully saturated rings. The minimum absolute atomic E-state index is 0.512. The minimum Gasteiger partial charge on any atom is -0.497 e. The van der Waals surface area contributed by atoms with Crippen molar-refractivity contribution in [2.75, 3.05) is 7.11 Å². The summed E-state index contributed by atoms with van der Waals surface area (Å²) in [6.07, 6.45) is 1.35. The van der Waals surface area contributed by atoms with E-state index in [1.807, 2.05) is 6.07 Å². The molecule has 0 aromatic heterocycles. The number of halogens is 1. The van der Waals surface area contributed by atoms with Crippen LogP contribution in [0.1, 0.15) is 29.3 Å². The highest BCUT2D eigenvalue weighted by atomic mass is 79.9. The molecular weight excluding hydrogens is 252 g/mol. The van der Waals surface area contributed by atoms with Crippen molar-refractivity contribution in [1.29, 1.82) is 0 Å². The molecule has 1 saturated carbocycles. The van der Waals surface area contributed by atoms with Crippen molar-refractivity contribution in [3.63, 3.8) is 0 Å². The Morgan fingerprint density at radius 2 is 2.13 bits per heavy atom. The zero-order valence-corrected chi connectivity index (χ0v) is 11.0. The highest BCUT2D eigenvalue weighted by Gasteiger charge is 2.39. The summed E-state index contributed by atoms with van der Waals surface area (Å²) >= 11 is 3.81. The van der Waals surface area contributed by atoms with Crippen LogP contribution in [0.15, 0.2) is 18.2 Å². The number of hydrogen-bond donors (Lipinski definition) is 0. The number of aryl methyl sites for hydroxylation is 1. The van der Waals surface area contributed by atoms with Crippen LogP contribution in [-0.4, -0.2) is 7.11 Å². The van der Waals surface area contributed by atoms with Gasteiger partial charge in [-0.1, -0.05) is 28.9 Å². The fourth-order valence-electron chi connectivity index (χ4n) is 2.07. The Bertz CT molecular complexity index is 362. The number of benzene rings is 1. The molecule has 15 heavy (non-hydrogen) atoms. The quantitative estimate of drug-likeness (QED) is 0.751. The van der Waals surface area contributed by atoms with Gasteiger partial charge in [-0.05, 0) is 48.4 Å². The predicted octanol–water partition coefficient (Wildman–Crippen LogP) is 4.10. The standard InChI is InChI=1S/C13H17BrO/c1-8-6-10(15-3)4-5-11(8)13(14)12-7-9(12)2/h4-6,9,12-13H,7H2,1-3H3. The van der Waals surface area contributed by atoms with Gasteiger partial charge in [-0.3, -0.25) is 0 Å². The minimum atomic E-state index is 0.512. The number of ether oxygens (including phenoxy) is 1. The molecule has 0 heterocycles. The van der Waals surface area contributed by atoms with Gasteiger partial charge in [-0.2, -0.15) is 0 Å². The molecule has 2 rings (SSSR count). The molecule has 0 aliphatic heterocycles. The molecule has 3 unspecified atom stereocenters. The predicted molar refractivity (Wildman–Crippen MR) is 66.7 cm³/mol. The third-order valence-electron chi connectivity index (χ3n) is 3.32. The van der Waals surface area contributed by atoms with Crippen LogP contribution in [0, 0.1) is 18.8 Å². The molecule has 2 heteroatoms. The third-order valence-corrected chi connectivity index (χ3v) is 4.49. The van der Waals surface area contributed by atoms with E-state index in [0.29, 0.717) is 4.83 Å². The van der Waals surface area contributed by atoms with E-state index >= 15 is 0 Å². The van der Waals surface area contributed by atoms with Gasteiger partial charge in [0.05, 0.1) is 7.11 Å². The number of methoxy groups -OCH3 is 1. The van der Waals surface area contributed by atoms with Crippen molar-refractivity contribution in [3.05, 3.63) is 29.3 Å². The molecule has 1 aromatic carbocycles. The molecule has 0 saturated heterocycles. The largest absolute Gasteiger partial charge is 0.497 e. The number of hydrogen-bond acceptors (Lipinski definition) is 1. The second-order valence-electron chi connectivity index (χ2n) is 4.50. The molecule has 0 bridgehead atoms. The van der Waals surface area contributed by atoms with E-state index in [1.165, 1.54) is 17.5 Å². The summed E-state index contributed by atoms with van der Waals surface area (Å²) in [6.45, 7) is 4.47. The first-order chi connectivity index (χ1) is 7.13. The van der Waals surface area contributed by atoms with Crippen LogP contribution in [0.2, 0.25) is 0 Å². The van der Waals surface area contributed by atoms with Crippen LogP contribution in [0.5, 0.6) is 5.75 Å². The van der Waals surface area contributed by atoms with Gasteiger partial charge in [0.1, 0.15) is 5.75 Å². The molecule has 0 spiro atoms. The highest BCUT2D eigenvalue weighted by Crippen LogP contribution is 2.51. The molecule has 1 aromatic rings. The summed E-state index contributed by atoms with van der Waals surface area (Å²) < 4.78 is 5.21. The van der Waals surface area contributed by atoms with Crippen LogP contribution >= 0.6 is 15.9 Å². The lowest BCUT2D eigenvalue weighted by atomic mass is 10.0. The first-order valence-corrected chi connectivity index (χ1v) is 6.33. The topological polar surface area (TPSA) is 9.23 Å². The van der Waals surface area contributed by atoms with Crippen molar-refractivity contribution in [1.82, 2.24) is 0 Å². The molecular formula is C13H17BrO. The van der Waals surface area contributed by atoms with E-state index in [-0.39, 0.29) is 0 Å². The Kier molecular flexibility index (Phi) is 3.06. The lowest BCUT2D eigenvalue weighted by molar-refractivity contribution is 0.414. The first kappa shape index (κ1) is 11.0. The average molecular weight is 269 g/mol. The summed E-state index contributed by atoms with van der Waals surface area (Å²) in [5, 5.41) is 0. The highest BCUT2D eigenvalue weighted by molar-refractivity contribution is 9.09. The summed E-state index contributed by atoms with van der Waals surface area (Å²) in [6, 6.07) is 6.33.